The average Bonchev–Trinajstić information content (AvgIpc) is 2.85. The minimum Gasteiger partial charge on any atom is -0.493 e. The van der Waals surface area contributed by atoms with E-state index in [4.69, 9.17) is 25.8 Å². The van der Waals surface area contributed by atoms with Crippen LogP contribution in [0.5, 0.6) is 17.2 Å². The number of fused-ring (bicyclic) bond motifs is 1. The molecule has 11 heteroatoms. The maximum atomic E-state index is 13.0. The molecule has 0 fully saturated rings. The first-order chi connectivity index (χ1) is 16.8. The average molecular weight is 497 g/mol. The fraction of sp³-hybridized carbons (Fsp3) is 0.250. The molecule has 0 amide bonds. The van der Waals surface area contributed by atoms with Crippen molar-refractivity contribution in [2.24, 2.45) is 0 Å². The summed E-state index contributed by atoms with van der Waals surface area (Å²) in [5.41, 5.74) is 2.79. The first-order valence-corrected chi connectivity index (χ1v) is 11.0. The Kier molecular flexibility index (Phi) is 6.92. The summed E-state index contributed by atoms with van der Waals surface area (Å²) >= 11 is 5.93. The van der Waals surface area contributed by atoms with Crippen LogP contribution in [0.4, 0.5) is 17.5 Å². The Labute approximate surface area is 206 Å². The lowest BCUT2D eigenvalue weighted by atomic mass is 10.2. The number of nitrogens with one attached hydrogen (secondary N) is 2. The molecule has 10 nitrogen and oxygen atoms in total. The summed E-state index contributed by atoms with van der Waals surface area (Å²) in [6.07, 6.45) is 1.66. The normalized spacial score (nSPS) is 10.8. The molecule has 0 saturated heterocycles. The van der Waals surface area contributed by atoms with E-state index in [0.29, 0.717) is 35.3 Å². The van der Waals surface area contributed by atoms with Crippen LogP contribution in [0.3, 0.4) is 0 Å². The molecule has 0 radical (unpaired) electrons. The van der Waals surface area contributed by atoms with Gasteiger partial charge in [0.1, 0.15) is 11.2 Å². The molecule has 4 aromatic rings. The van der Waals surface area contributed by atoms with Crippen molar-refractivity contribution < 1.29 is 14.2 Å². The van der Waals surface area contributed by atoms with Crippen LogP contribution in [0.1, 0.15) is 11.1 Å². The molecule has 0 saturated carbocycles. The predicted molar refractivity (Wildman–Crippen MR) is 136 cm³/mol. The number of anilines is 3. The van der Waals surface area contributed by atoms with Crippen LogP contribution >= 0.6 is 11.6 Å². The van der Waals surface area contributed by atoms with Gasteiger partial charge in [-0.15, -0.1) is 0 Å². The smallest absolute Gasteiger partial charge is 0.286 e. The Morgan fingerprint density at radius 2 is 1.86 bits per heavy atom. The molecule has 4 rings (SSSR count). The Bertz CT molecular complexity index is 1440. The Hall–Kier alpha value is -4.05. The Balaban J connectivity index is 1.64. The summed E-state index contributed by atoms with van der Waals surface area (Å²) in [6, 6.07) is 9.53. The van der Waals surface area contributed by atoms with Crippen LogP contribution in [0.2, 0.25) is 5.28 Å². The number of H-pyrrole nitrogens is 1. The van der Waals surface area contributed by atoms with E-state index in [0.717, 1.165) is 16.8 Å². The van der Waals surface area contributed by atoms with Gasteiger partial charge >= 0.3 is 0 Å². The van der Waals surface area contributed by atoms with Gasteiger partial charge in [-0.25, -0.2) is 9.97 Å². The van der Waals surface area contributed by atoms with Gasteiger partial charge in [-0.3, -0.25) is 4.79 Å². The number of aryl methyl sites for hydroxylation is 1. The number of methoxy groups -OCH3 is 3. The van der Waals surface area contributed by atoms with Crippen LogP contribution in [0.25, 0.3) is 10.9 Å². The van der Waals surface area contributed by atoms with Crippen molar-refractivity contribution in [3.05, 3.63) is 63.3 Å². The summed E-state index contributed by atoms with van der Waals surface area (Å²) < 4.78 is 16.2. The zero-order valence-corrected chi connectivity index (χ0v) is 20.7. The number of benzene rings is 2. The molecule has 0 aliphatic carbocycles. The highest BCUT2D eigenvalue weighted by atomic mass is 35.5. The molecule has 2 aromatic heterocycles. The molecule has 0 spiro atoms. The van der Waals surface area contributed by atoms with E-state index in [1.165, 1.54) is 21.3 Å². The van der Waals surface area contributed by atoms with E-state index in [9.17, 15) is 4.79 Å². The van der Waals surface area contributed by atoms with Gasteiger partial charge in [0.2, 0.25) is 17.0 Å². The lowest BCUT2D eigenvalue weighted by molar-refractivity contribution is 0.327. The monoisotopic (exact) mass is 496 g/mol. The standard InChI is InChI=1S/C24H25ClN6O4/c1-13-11-26-23(25)29-21(13)27-15-8-6-7-14(9-15)12-31(2)24-28-16-10-17(33-3)19(34-4)20(35-5)18(16)22(32)30-24/h6-11H,12H2,1-5H3,(H,26,27,29)(H,28,30,32). The fourth-order valence-corrected chi connectivity index (χ4v) is 3.86. The molecule has 0 atom stereocenters. The van der Waals surface area contributed by atoms with Crippen molar-refractivity contribution >= 4 is 40.0 Å². The number of aromatic amines is 1. The van der Waals surface area contributed by atoms with Crippen molar-refractivity contribution in [3.63, 3.8) is 0 Å². The largest absolute Gasteiger partial charge is 0.493 e. The van der Waals surface area contributed by atoms with E-state index >= 15 is 0 Å². The van der Waals surface area contributed by atoms with Crippen LogP contribution in [-0.2, 0) is 6.54 Å². The first kappa shape index (κ1) is 24.1. The highest BCUT2D eigenvalue weighted by molar-refractivity contribution is 6.28. The first-order valence-electron chi connectivity index (χ1n) is 10.6. The summed E-state index contributed by atoms with van der Waals surface area (Å²) in [6.45, 7) is 2.38. The molecule has 0 aliphatic heterocycles. The highest BCUT2D eigenvalue weighted by Crippen LogP contribution is 2.41. The minimum absolute atomic E-state index is 0.172. The van der Waals surface area contributed by atoms with Crippen molar-refractivity contribution in [1.29, 1.82) is 0 Å². The number of nitrogens with zero attached hydrogens (tertiary/aromatic N) is 4. The van der Waals surface area contributed by atoms with Crippen LogP contribution < -0.4 is 30.0 Å². The third-order valence-corrected chi connectivity index (χ3v) is 5.59. The van der Waals surface area contributed by atoms with Crippen molar-refractivity contribution in [1.82, 2.24) is 19.9 Å². The highest BCUT2D eigenvalue weighted by Gasteiger charge is 2.20. The molecule has 0 unspecified atom stereocenters. The zero-order valence-electron chi connectivity index (χ0n) is 20.0. The predicted octanol–water partition coefficient (Wildman–Crippen LogP) is 4.08. The van der Waals surface area contributed by atoms with Gasteiger partial charge in [-0.2, -0.15) is 4.98 Å². The zero-order chi connectivity index (χ0) is 25.1. The molecule has 2 heterocycles. The van der Waals surface area contributed by atoms with Crippen molar-refractivity contribution in [2.45, 2.75) is 13.5 Å². The van der Waals surface area contributed by atoms with E-state index in [1.807, 2.05) is 43.1 Å². The number of rotatable bonds is 8. The van der Waals surface area contributed by atoms with Gasteiger partial charge in [0, 0.05) is 37.1 Å². The van der Waals surface area contributed by atoms with E-state index in [1.54, 1.807) is 12.3 Å². The van der Waals surface area contributed by atoms with Gasteiger partial charge in [-0.05, 0) is 36.2 Å². The minimum atomic E-state index is -0.440. The maximum absolute atomic E-state index is 13.0. The third-order valence-electron chi connectivity index (χ3n) is 5.41. The molecular weight excluding hydrogens is 472 g/mol. The number of aromatic nitrogens is 4. The van der Waals surface area contributed by atoms with Gasteiger partial charge in [0.25, 0.3) is 5.56 Å². The lowest BCUT2D eigenvalue weighted by Crippen LogP contribution is -2.23. The second-order valence-corrected chi connectivity index (χ2v) is 8.12. The SMILES string of the molecule is COc1cc2[nH]c(N(C)Cc3cccc(Nc4nc(Cl)ncc4C)c3)nc(=O)c2c(OC)c1OC. The molecular formula is C24H25ClN6O4. The maximum Gasteiger partial charge on any atom is 0.286 e. The van der Waals surface area contributed by atoms with Crippen LogP contribution in [0.15, 0.2) is 41.3 Å². The van der Waals surface area contributed by atoms with Crippen molar-refractivity contribution in [2.75, 3.05) is 38.6 Å². The van der Waals surface area contributed by atoms with Gasteiger partial charge in [0.15, 0.2) is 11.5 Å². The molecule has 35 heavy (non-hydrogen) atoms. The summed E-state index contributed by atoms with van der Waals surface area (Å²) in [5.74, 6) is 2.07. The van der Waals surface area contributed by atoms with Crippen molar-refractivity contribution in [3.8, 4) is 17.2 Å². The van der Waals surface area contributed by atoms with Gasteiger partial charge in [0.05, 0.1) is 26.8 Å². The van der Waals surface area contributed by atoms with Gasteiger partial charge < -0.3 is 29.4 Å². The topological polar surface area (TPSA) is 114 Å². The molecule has 2 aromatic carbocycles. The quantitative estimate of drug-likeness (QED) is 0.348. The van der Waals surface area contributed by atoms with Crippen LogP contribution in [0, 0.1) is 6.92 Å². The molecule has 0 bridgehead atoms. The summed E-state index contributed by atoms with van der Waals surface area (Å²) in [5, 5.41) is 3.73. The number of halogens is 1. The van der Waals surface area contributed by atoms with Crippen LogP contribution in [-0.4, -0.2) is 48.3 Å². The number of hydrogen-bond donors (Lipinski definition) is 2. The fourth-order valence-electron chi connectivity index (χ4n) is 3.73. The molecule has 182 valence electrons. The van der Waals surface area contributed by atoms with E-state index in [2.05, 4.69) is 25.3 Å². The summed E-state index contributed by atoms with van der Waals surface area (Å²) in [4.78, 5) is 30.5. The Morgan fingerprint density at radius 3 is 2.57 bits per heavy atom. The molecule has 2 N–H and O–H groups in total. The van der Waals surface area contributed by atoms with Gasteiger partial charge in [-0.1, -0.05) is 12.1 Å². The summed E-state index contributed by atoms with van der Waals surface area (Å²) in [7, 11) is 6.32. The molecule has 0 aliphatic rings. The second-order valence-electron chi connectivity index (χ2n) is 7.79. The second kappa shape index (κ2) is 10.1. The third kappa shape index (κ3) is 4.92. The Morgan fingerprint density at radius 1 is 1.09 bits per heavy atom. The van der Waals surface area contributed by atoms with E-state index in [-0.39, 0.29) is 16.4 Å². The lowest BCUT2D eigenvalue weighted by Gasteiger charge is -2.20. The number of ether oxygens (including phenoxy) is 3. The number of hydrogen-bond acceptors (Lipinski definition) is 9. The van der Waals surface area contributed by atoms with E-state index < -0.39 is 5.56 Å².